The summed E-state index contributed by atoms with van der Waals surface area (Å²) in [4.78, 5) is 7.52. The van der Waals surface area contributed by atoms with E-state index in [9.17, 15) is 13.2 Å². The maximum Gasteiger partial charge on any atom is 0.573 e. The van der Waals surface area contributed by atoms with E-state index >= 15 is 0 Å². The molecule has 0 saturated heterocycles. The smallest absolute Gasteiger partial charge is 0.406 e. The fraction of sp³-hybridized carbons (Fsp3) is 0.278. The van der Waals surface area contributed by atoms with Crippen LogP contribution in [-0.2, 0) is 4.84 Å². The van der Waals surface area contributed by atoms with Crippen molar-refractivity contribution >= 4 is 11.5 Å². The van der Waals surface area contributed by atoms with Gasteiger partial charge >= 0.3 is 6.36 Å². The summed E-state index contributed by atoms with van der Waals surface area (Å²) in [5.74, 6) is 0.532. The van der Waals surface area contributed by atoms with E-state index in [4.69, 9.17) is 4.84 Å². The molecule has 0 bridgehead atoms. The molecular formula is C18H17F3N2O2. The van der Waals surface area contributed by atoms with Crippen LogP contribution in [0.5, 0.6) is 5.75 Å². The van der Waals surface area contributed by atoms with Crippen molar-refractivity contribution in [3.8, 4) is 5.75 Å². The first-order valence-electron chi connectivity index (χ1n) is 7.87. The number of alkyl halides is 3. The van der Waals surface area contributed by atoms with Crippen LogP contribution in [0.4, 0.5) is 18.9 Å². The van der Waals surface area contributed by atoms with Crippen LogP contribution < -0.4 is 9.64 Å². The van der Waals surface area contributed by atoms with Gasteiger partial charge < -0.3 is 14.5 Å². The van der Waals surface area contributed by atoms with Crippen LogP contribution in [0.2, 0.25) is 0 Å². The highest BCUT2D eigenvalue weighted by Gasteiger charge is 2.31. The summed E-state index contributed by atoms with van der Waals surface area (Å²) in [6.45, 7) is 2.75. The summed E-state index contributed by atoms with van der Waals surface area (Å²) in [5.41, 5.74) is 1.76. The molecule has 4 nitrogen and oxygen atoms in total. The van der Waals surface area contributed by atoms with Gasteiger partial charge in [0.25, 0.3) is 0 Å². The van der Waals surface area contributed by atoms with Gasteiger partial charge in [-0.2, -0.15) is 0 Å². The standard InChI is InChI=1S/C18H17F3N2O2/c1-2-23(14-6-4-3-5-7-14)17-12-16(25-22-17)13-8-10-15(11-9-13)24-18(19,20)21/h3-11,16H,2,12H2,1H3/t16-/m0/s1. The number of anilines is 1. The number of ether oxygens (including phenoxy) is 1. The first kappa shape index (κ1) is 17.1. The van der Waals surface area contributed by atoms with Crippen molar-refractivity contribution in [2.45, 2.75) is 25.8 Å². The molecule has 0 amide bonds. The number of hydrogen-bond donors (Lipinski definition) is 0. The lowest BCUT2D eigenvalue weighted by Gasteiger charge is -2.21. The molecule has 1 heterocycles. The third-order valence-corrected chi connectivity index (χ3v) is 3.83. The van der Waals surface area contributed by atoms with E-state index in [0.717, 1.165) is 23.6 Å². The number of nitrogens with zero attached hydrogens (tertiary/aromatic N) is 2. The topological polar surface area (TPSA) is 34.1 Å². The lowest BCUT2D eigenvalue weighted by atomic mass is 10.1. The van der Waals surface area contributed by atoms with Crippen LogP contribution in [0, 0.1) is 0 Å². The van der Waals surface area contributed by atoms with Gasteiger partial charge in [-0.1, -0.05) is 35.5 Å². The summed E-state index contributed by atoms with van der Waals surface area (Å²) in [6.07, 6.45) is -4.48. The highest BCUT2D eigenvalue weighted by atomic mass is 19.4. The number of hydrogen-bond acceptors (Lipinski definition) is 4. The summed E-state index contributed by atoms with van der Waals surface area (Å²) in [5, 5.41) is 4.15. The van der Waals surface area contributed by atoms with Crippen molar-refractivity contribution in [3.05, 3.63) is 60.2 Å². The maximum atomic E-state index is 12.2. The SMILES string of the molecule is CCN(C1=NO[C@H](c2ccc(OC(F)(F)F)cc2)C1)c1ccccc1. The lowest BCUT2D eigenvalue weighted by molar-refractivity contribution is -0.274. The van der Waals surface area contributed by atoms with E-state index in [0.29, 0.717) is 6.42 Å². The number of halogens is 3. The molecule has 0 saturated carbocycles. The van der Waals surface area contributed by atoms with Gasteiger partial charge in [0.05, 0.1) is 6.42 Å². The molecule has 1 aliphatic heterocycles. The predicted molar refractivity (Wildman–Crippen MR) is 88.5 cm³/mol. The number of rotatable bonds is 4. The maximum absolute atomic E-state index is 12.2. The van der Waals surface area contributed by atoms with Gasteiger partial charge in [-0.15, -0.1) is 13.2 Å². The minimum Gasteiger partial charge on any atom is -0.406 e. The van der Waals surface area contributed by atoms with Gasteiger partial charge in [-0.25, -0.2) is 0 Å². The Morgan fingerprint density at radius 2 is 1.80 bits per heavy atom. The third kappa shape index (κ3) is 4.23. The number of amidine groups is 1. The average molecular weight is 350 g/mol. The molecule has 2 aromatic carbocycles. The second-order valence-corrected chi connectivity index (χ2v) is 5.50. The van der Waals surface area contributed by atoms with E-state index in [1.807, 2.05) is 42.2 Å². The van der Waals surface area contributed by atoms with Crippen LogP contribution in [-0.4, -0.2) is 18.7 Å². The molecule has 0 fully saturated rings. The number of para-hydroxylation sites is 1. The van der Waals surface area contributed by atoms with Crippen molar-refractivity contribution in [2.75, 3.05) is 11.4 Å². The van der Waals surface area contributed by atoms with Crippen molar-refractivity contribution in [2.24, 2.45) is 5.16 Å². The zero-order valence-electron chi connectivity index (χ0n) is 13.5. The zero-order valence-corrected chi connectivity index (χ0v) is 13.5. The third-order valence-electron chi connectivity index (χ3n) is 3.83. The highest BCUT2D eigenvalue weighted by Crippen LogP contribution is 2.32. The van der Waals surface area contributed by atoms with E-state index in [2.05, 4.69) is 9.89 Å². The van der Waals surface area contributed by atoms with Crippen molar-refractivity contribution in [3.63, 3.8) is 0 Å². The second-order valence-electron chi connectivity index (χ2n) is 5.50. The predicted octanol–water partition coefficient (Wildman–Crippen LogP) is 4.89. The molecule has 2 aromatic rings. The largest absolute Gasteiger partial charge is 0.573 e. The lowest BCUT2D eigenvalue weighted by Crippen LogP contribution is -2.29. The summed E-state index contributed by atoms with van der Waals surface area (Å²) in [6, 6.07) is 15.5. The summed E-state index contributed by atoms with van der Waals surface area (Å²) < 4.78 is 40.5. The van der Waals surface area contributed by atoms with Crippen LogP contribution in [0.1, 0.15) is 25.0 Å². The van der Waals surface area contributed by atoms with Crippen LogP contribution in [0.3, 0.4) is 0 Å². The quantitative estimate of drug-likeness (QED) is 0.788. The molecule has 0 N–H and O–H groups in total. The molecule has 1 atom stereocenters. The molecule has 132 valence electrons. The van der Waals surface area contributed by atoms with E-state index in [1.165, 1.54) is 12.1 Å². The second kappa shape index (κ2) is 7.04. The van der Waals surface area contributed by atoms with Gasteiger partial charge in [-0.3, -0.25) is 0 Å². The highest BCUT2D eigenvalue weighted by molar-refractivity contribution is 5.98. The van der Waals surface area contributed by atoms with Crippen molar-refractivity contribution < 1.29 is 22.7 Å². The molecule has 0 aromatic heterocycles. The Balaban J connectivity index is 1.67. The minimum atomic E-state index is -4.70. The van der Waals surface area contributed by atoms with E-state index in [-0.39, 0.29) is 11.9 Å². The van der Waals surface area contributed by atoms with Crippen molar-refractivity contribution in [1.29, 1.82) is 0 Å². The zero-order chi connectivity index (χ0) is 17.9. The molecule has 0 aliphatic carbocycles. The number of benzene rings is 2. The molecule has 1 aliphatic rings. The molecule has 0 unspecified atom stereocenters. The van der Waals surface area contributed by atoms with Crippen LogP contribution in [0.15, 0.2) is 59.8 Å². The Hall–Kier alpha value is -2.70. The van der Waals surface area contributed by atoms with E-state index < -0.39 is 6.36 Å². The Morgan fingerprint density at radius 3 is 2.40 bits per heavy atom. The van der Waals surface area contributed by atoms with Crippen molar-refractivity contribution in [1.82, 2.24) is 0 Å². The average Bonchev–Trinajstić information content (AvgIpc) is 3.05. The van der Waals surface area contributed by atoms with Gasteiger partial charge in [0.2, 0.25) is 0 Å². The van der Waals surface area contributed by atoms with Gasteiger partial charge in [0.15, 0.2) is 11.9 Å². The molecule has 0 spiro atoms. The fourth-order valence-electron chi connectivity index (χ4n) is 2.71. The Kier molecular flexibility index (Phi) is 4.83. The van der Waals surface area contributed by atoms with Crippen LogP contribution >= 0.6 is 0 Å². The Morgan fingerprint density at radius 1 is 1.12 bits per heavy atom. The molecule has 7 heteroatoms. The fourth-order valence-corrected chi connectivity index (χ4v) is 2.71. The van der Waals surface area contributed by atoms with Gasteiger partial charge in [-0.05, 0) is 36.8 Å². The molecule has 0 radical (unpaired) electrons. The monoisotopic (exact) mass is 350 g/mol. The normalized spacial score (nSPS) is 17.0. The molecular weight excluding hydrogens is 333 g/mol. The molecule has 25 heavy (non-hydrogen) atoms. The Bertz CT molecular complexity index is 730. The first-order valence-corrected chi connectivity index (χ1v) is 7.87. The Labute approximate surface area is 143 Å². The van der Waals surface area contributed by atoms with Crippen LogP contribution in [0.25, 0.3) is 0 Å². The first-order chi connectivity index (χ1) is 12.0. The number of oxime groups is 1. The van der Waals surface area contributed by atoms with Gasteiger partial charge in [0.1, 0.15) is 5.75 Å². The summed E-state index contributed by atoms with van der Waals surface area (Å²) in [7, 11) is 0. The van der Waals surface area contributed by atoms with Gasteiger partial charge in [0, 0.05) is 12.2 Å². The minimum absolute atomic E-state index is 0.255. The summed E-state index contributed by atoms with van der Waals surface area (Å²) >= 11 is 0. The van der Waals surface area contributed by atoms with E-state index in [1.54, 1.807) is 12.1 Å². The molecule has 3 rings (SSSR count).